The molecule has 0 bridgehead atoms. The van der Waals surface area contributed by atoms with Crippen LogP contribution in [0, 0.1) is 35.0 Å². The Hall–Kier alpha value is -1.44. The summed E-state index contributed by atoms with van der Waals surface area (Å²) in [6, 6.07) is 0. The Kier molecular flexibility index (Phi) is 7.19. The van der Waals surface area contributed by atoms with Crippen molar-refractivity contribution in [1.82, 2.24) is 0 Å². The van der Waals surface area contributed by atoms with Crippen molar-refractivity contribution in [3.8, 4) is 0 Å². The van der Waals surface area contributed by atoms with Crippen molar-refractivity contribution >= 4 is 11.9 Å². The quantitative estimate of drug-likeness (QED) is 0.449. The zero-order chi connectivity index (χ0) is 25.9. The van der Waals surface area contributed by atoms with Gasteiger partial charge in [0, 0.05) is 12.5 Å². The largest absolute Gasteiger partial charge is 0.453 e. The summed E-state index contributed by atoms with van der Waals surface area (Å²) in [7, 11) is 0. The number of carbonyl (C=O) groups is 2. The molecule has 198 valence electrons. The number of aliphatic hydroxyl groups is 1. The molecule has 3 aliphatic carbocycles. The Labute approximate surface area is 209 Å². The van der Waals surface area contributed by atoms with Gasteiger partial charge in [0.05, 0.1) is 11.7 Å². The number of esters is 2. The van der Waals surface area contributed by atoms with E-state index in [4.69, 9.17) is 18.9 Å². The lowest BCUT2D eigenvalue weighted by Crippen LogP contribution is -2.62. The highest BCUT2D eigenvalue weighted by molar-refractivity contribution is 5.87. The summed E-state index contributed by atoms with van der Waals surface area (Å²) in [6.07, 6.45) is 1.03. The number of hydrogen-bond acceptors (Lipinski definition) is 7. The summed E-state index contributed by atoms with van der Waals surface area (Å²) in [6.45, 7) is 15.8. The molecule has 0 unspecified atom stereocenters. The van der Waals surface area contributed by atoms with Gasteiger partial charge >= 0.3 is 11.9 Å². The van der Waals surface area contributed by atoms with Gasteiger partial charge in [-0.15, -0.1) is 0 Å². The smallest absolute Gasteiger partial charge is 0.333 e. The lowest BCUT2D eigenvalue weighted by molar-refractivity contribution is -0.329. The summed E-state index contributed by atoms with van der Waals surface area (Å²) >= 11 is 0. The molecular formula is C28H44O7. The van der Waals surface area contributed by atoms with Crippen molar-refractivity contribution in [2.45, 2.75) is 117 Å². The number of hydrogen-bond donors (Lipinski definition) is 1. The molecule has 1 N–H and O–H groups in total. The maximum Gasteiger partial charge on any atom is 0.333 e. The number of carbonyl (C=O) groups excluding carboxylic acids is 2. The first-order valence-corrected chi connectivity index (χ1v) is 13.3. The van der Waals surface area contributed by atoms with Gasteiger partial charge in [-0.25, -0.2) is 4.79 Å². The Morgan fingerprint density at radius 2 is 1.69 bits per heavy atom. The van der Waals surface area contributed by atoms with E-state index in [2.05, 4.69) is 27.7 Å². The predicted octanol–water partition coefficient (Wildman–Crippen LogP) is 4.41. The van der Waals surface area contributed by atoms with Crippen LogP contribution in [0.5, 0.6) is 0 Å². The van der Waals surface area contributed by atoms with E-state index in [9.17, 15) is 14.7 Å². The summed E-state index contributed by atoms with van der Waals surface area (Å²) in [4.78, 5) is 24.7. The maximum atomic E-state index is 12.6. The van der Waals surface area contributed by atoms with Crippen LogP contribution in [0.1, 0.15) is 81.1 Å². The Morgan fingerprint density at radius 3 is 2.31 bits per heavy atom. The molecule has 0 spiro atoms. The first-order valence-electron chi connectivity index (χ1n) is 13.3. The fourth-order valence-corrected chi connectivity index (χ4v) is 7.55. The van der Waals surface area contributed by atoms with Crippen molar-refractivity contribution in [3.63, 3.8) is 0 Å². The average Bonchev–Trinajstić information content (AvgIpc) is 3.16. The summed E-state index contributed by atoms with van der Waals surface area (Å²) in [5.41, 5.74) is 0.334. The minimum Gasteiger partial charge on any atom is -0.453 e. The Balaban J connectivity index is 1.62. The van der Waals surface area contributed by atoms with Gasteiger partial charge in [0.15, 0.2) is 18.5 Å². The Bertz CT molecular complexity index is 865. The fourth-order valence-electron chi connectivity index (χ4n) is 7.55. The fraction of sp³-hybridized carbons (Fsp3) is 0.857. The molecule has 4 aliphatic rings. The van der Waals surface area contributed by atoms with Gasteiger partial charge in [0.25, 0.3) is 0 Å². The molecule has 35 heavy (non-hydrogen) atoms. The van der Waals surface area contributed by atoms with Gasteiger partial charge in [0.2, 0.25) is 0 Å². The molecule has 1 heterocycles. The van der Waals surface area contributed by atoms with E-state index in [1.165, 1.54) is 13.3 Å². The van der Waals surface area contributed by atoms with Gasteiger partial charge < -0.3 is 24.1 Å². The van der Waals surface area contributed by atoms with Crippen LogP contribution in [0.2, 0.25) is 0 Å². The predicted molar refractivity (Wildman–Crippen MR) is 130 cm³/mol. The number of ether oxygens (including phenoxy) is 4. The molecule has 4 fully saturated rings. The molecule has 1 aliphatic heterocycles. The molecule has 0 aromatic rings. The molecule has 7 heteroatoms. The Morgan fingerprint density at radius 1 is 1.00 bits per heavy atom. The normalized spacial score (nSPS) is 46.7. The van der Waals surface area contributed by atoms with E-state index < -0.39 is 48.2 Å². The van der Waals surface area contributed by atoms with E-state index in [1.54, 1.807) is 26.8 Å². The molecule has 4 rings (SSSR count). The van der Waals surface area contributed by atoms with Gasteiger partial charge in [-0.05, 0) is 82.0 Å². The summed E-state index contributed by atoms with van der Waals surface area (Å²) in [5.74, 6) is 1.93. The van der Waals surface area contributed by atoms with Crippen LogP contribution in [-0.4, -0.2) is 53.4 Å². The van der Waals surface area contributed by atoms with Crippen molar-refractivity contribution in [3.05, 3.63) is 11.6 Å². The van der Waals surface area contributed by atoms with Crippen LogP contribution in [0.25, 0.3) is 0 Å². The van der Waals surface area contributed by atoms with Crippen molar-refractivity contribution in [2.24, 2.45) is 35.0 Å². The molecular weight excluding hydrogens is 448 g/mol. The average molecular weight is 493 g/mol. The lowest BCUT2D eigenvalue weighted by atomic mass is 9.74. The third kappa shape index (κ3) is 4.69. The third-order valence-corrected chi connectivity index (χ3v) is 9.79. The molecule has 1 saturated heterocycles. The van der Waals surface area contributed by atoms with Crippen LogP contribution in [0.3, 0.4) is 0 Å². The zero-order valence-corrected chi connectivity index (χ0v) is 22.6. The summed E-state index contributed by atoms with van der Waals surface area (Å²) in [5, 5.41) is 10.9. The van der Waals surface area contributed by atoms with Gasteiger partial charge in [0.1, 0.15) is 6.10 Å². The second-order valence-corrected chi connectivity index (χ2v) is 12.3. The van der Waals surface area contributed by atoms with Crippen molar-refractivity contribution in [1.29, 1.82) is 0 Å². The molecule has 0 aromatic carbocycles. The molecule has 0 amide bonds. The number of rotatable bonds is 5. The van der Waals surface area contributed by atoms with Gasteiger partial charge in [-0.2, -0.15) is 0 Å². The van der Waals surface area contributed by atoms with Crippen LogP contribution < -0.4 is 0 Å². The molecule has 7 nitrogen and oxygen atoms in total. The van der Waals surface area contributed by atoms with Crippen molar-refractivity contribution in [2.75, 3.05) is 0 Å². The first kappa shape index (κ1) is 26.6. The third-order valence-electron chi connectivity index (χ3n) is 9.79. The van der Waals surface area contributed by atoms with Crippen LogP contribution in [0.15, 0.2) is 11.6 Å². The highest BCUT2D eigenvalue weighted by Crippen LogP contribution is 2.71. The SMILES string of the molecule is C/C=C(/C)C(=O)O[C@H]1[C@@H](O)[C@@H](C)O[C@@H](O[C@]2(C)CC[C@@H]3[C@H]([C@@H]4[C@H](C)CC[C@@H]42)C3(C)C)[C@@H]1OC(C)=O. The van der Waals surface area contributed by atoms with E-state index >= 15 is 0 Å². The van der Waals surface area contributed by atoms with Gasteiger partial charge in [-0.1, -0.05) is 33.3 Å². The van der Waals surface area contributed by atoms with Crippen molar-refractivity contribution < 1.29 is 33.6 Å². The van der Waals surface area contributed by atoms with E-state index in [0.29, 0.717) is 40.6 Å². The van der Waals surface area contributed by atoms with Crippen LogP contribution >= 0.6 is 0 Å². The minimum atomic E-state index is -1.15. The molecule has 3 saturated carbocycles. The number of fused-ring (bicyclic) bond motifs is 3. The highest BCUT2D eigenvalue weighted by Gasteiger charge is 2.67. The first-order chi connectivity index (χ1) is 16.3. The topological polar surface area (TPSA) is 91.3 Å². The molecule has 0 radical (unpaired) electrons. The second kappa shape index (κ2) is 9.46. The zero-order valence-electron chi connectivity index (χ0n) is 22.6. The summed E-state index contributed by atoms with van der Waals surface area (Å²) < 4.78 is 24.2. The number of allylic oxidation sites excluding steroid dienone is 1. The van der Waals surface area contributed by atoms with E-state index in [-0.39, 0.29) is 0 Å². The van der Waals surface area contributed by atoms with E-state index in [1.807, 2.05) is 0 Å². The number of aliphatic hydroxyl groups excluding tert-OH is 1. The van der Waals surface area contributed by atoms with Crippen LogP contribution in [0.4, 0.5) is 0 Å². The monoisotopic (exact) mass is 492 g/mol. The van der Waals surface area contributed by atoms with Gasteiger partial charge in [-0.3, -0.25) is 4.79 Å². The van der Waals surface area contributed by atoms with E-state index in [0.717, 1.165) is 19.3 Å². The molecule has 11 atom stereocenters. The standard InChI is InChI=1S/C28H44O7/c1-9-14(2)25(31)34-23-22(30)16(4)32-26(24(23)33-17(5)29)35-28(8)13-12-19-21(27(19,6)7)20-15(3)10-11-18(20)28/h9,15-16,18-24,26,30H,10-13H2,1-8H3/b14-9-/t15-,16-,18+,19-,20-,21-,22+,23+,24-,26+,28-/m1/s1. The second-order valence-electron chi connectivity index (χ2n) is 12.3. The highest BCUT2D eigenvalue weighted by atomic mass is 16.7. The van der Waals surface area contributed by atoms with Crippen LogP contribution in [-0.2, 0) is 28.5 Å². The lowest BCUT2D eigenvalue weighted by Gasteiger charge is -2.47. The minimum absolute atomic E-state index is 0.379. The molecule has 0 aromatic heterocycles. The maximum absolute atomic E-state index is 12.6.